The number of hydrogen-bond acceptors (Lipinski definition) is 3. The minimum absolute atomic E-state index is 0.122. The monoisotopic (exact) mass is 493 g/mol. The van der Waals surface area contributed by atoms with Gasteiger partial charge >= 0.3 is 0 Å². The highest BCUT2D eigenvalue weighted by Crippen LogP contribution is 2.38. The first kappa shape index (κ1) is 29.6. The van der Waals surface area contributed by atoms with Gasteiger partial charge in [-0.15, -0.1) is 0 Å². The van der Waals surface area contributed by atoms with Crippen molar-refractivity contribution in [2.75, 3.05) is 11.5 Å². The Kier molecular flexibility index (Phi) is 14.6. The van der Waals surface area contributed by atoms with E-state index in [2.05, 4.69) is 6.92 Å². The SMILES string of the molecule is CCCCCCCCCCCCCCCc1ccc(N(C(C)=O)c2ccccc2)c(OCC)c1C=O. The van der Waals surface area contributed by atoms with Crippen LogP contribution in [0.4, 0.5) is 11.4 Å². The molecule has 0 aliphatic heterocycles. The number of unbranched alkanes of at least 4 members (excludes halogenated alkanes) is 12. The molecule has 0 saturated heterocycles. The molecule has 36 heavy (non-hydrogen) atoms. The lowest BCUT2D eigenvalue weighted by molar-refractivity contribution is -0.115. The van der Waals surface area contributed by atoms with Crippen molar-refractivity contribution in [2.24, 2.45) is 0 Å². The van der Waals surface area contributed by atoms with E-state index in [1.54, 1.807) is 4.90 Å². The zero-order valence-corrected chi connectivity index (χ0v) is 22.9. The van der Waals surface area contributed by atoms with Gasteiger partial charge in [0.15, 0.2) is 12.0 Å². The molecule has 0 heterocycles. The van der Waals surface area contributed by atoms with Gasteiger partial charge in [-0.25, -0.2) is 0 Å². The molecular weight excluding hydrogens is 446 g/mol. The molecule has 198 valence electrons. The van der Waals surface area contributed by atoms with Gasteiger partial charge in [-0.05, 0) is 43.5 Å². The van der Waals surface area contributed by atoms with Gasteiger partial charge in [0, 0.05) is 12.6 Å². The lowest BCUT2D eigenvalue weighted by Gasteiger charge is -2.25. The fourth-order valence-electron chi connectivity index (χ4n) is 4.85. The molecular formula is C32H47NO3. The second-order valence-electron chi connectivity index (χ2n) is 9.72. The third kappa shape index (κ3) is 9.79. The van der Waals surface area contributed by atoms with Crippen molar-refractivity contribution in [3.63, 3.8) is 0 Å². The van der Waals surface area contributed by atoms with Crippen LogP contribution in [0.5, 0.6) is 5.75 Å². The maximum Gasteiger partial charge on any atom is 0.228 e. The molecule has 0 saturated carbocycles. The number of nitrogens with zero attached hydrogens (tertiary/aromatic N) is 1. The third-order valence-corrected chi connectivity index (χ3v) is 6.79. The van der Waals surface area contributed by atoms with Crippen LogP contribution in [0.15, 0.2) is 42.5 Å². The van der Waals surface area contributed by atoms with Gasteiger partial charge in [0.2, 0.25) is 5.91 Å². The number of carbonyl (C=O) groups is 2. The Morgan fingerprint density at radius 1 is 0.778 bits per heavy atom. The predicted octanol–water partition coefficient (Wildman–Crippen LogP) is 9.22. The van der Waals surface area contributed by atoms with Crippen molar-refractivity contribution in [1.29, 1.82) is 0 Å². The molecule has 2 aromatic carbocycles. The minimum atomic E-state index is -0.122. The van der Waals surface area contributed by atoms with E-state index in [9.17, 15) is 9.59 Å². The van der Waals surface area contributed by atoms with E-state index < -0.39 is 0 Å². The standard InChI is InChI=1S/C32H47NO3/c1-4-6-7-8-9-10-11-12-13-14-15-16-18-21-28-24-25-31(32(36-5-2)30(28)26-34)33(27(3)35)29-22-19-17-20-23-29/h17,19-20,22-26H,4-16,18,21H2,1-3H3. The first-order chi connectivity index (χ1) is 17.6. The Labute approximate surface area is 219 Å². The summed E-state index contributed by atoms with van der Waals surface area (Å²) >= 11 is 0. The molecule has 0 aliphatic rings. The number of rotatable bonds is 19. The van der Waals surface area contributed by atoms with Crippen LogP contribution in [0, 0.1) is 0 Å². The van der Waals surface area contributed by atoms with Gasteiger partial charge in [0.05, 0.1) is 17.9 Å². The fourth-order valence-corrected chi connectivity index (χ4v) is 4.85. The van der Waals surface area contributed by atoms with Gasteiger partial charge < -0.3 is 4.74 Å². The van der Waals surface area contributed by atoms with Crippen LogP contribution >= 0.6 is 0 Å². The number of ether oxygens (including phenoxy) is 1. The van der Waals surface area contributed by atoms with E-state index in [1.807, 2.05) is 49.4 Å². The first-order valence-electron chi connectivity index (χ1n) is 14.2. The number of amides is 1. The highest BCUT2D eigenvalue weighted by Gasteiger charge is 2.22. The van der Waals surface area contributed by atoms with E-state index in [1.165, 1.54) is 84.0 Å². The summed E-state index contributed by atoms with van der Waals surface area (Å²) in [5.41, 5.74) is 2.94. The van der Waals surface area contributed by atoms with Gasteiger partial charge in [0.1, 0.15) is 0 Å². The molecule has 0 atom stereocenters. The van der Waals surface area contributed by atoms with E-state index in [-0.39, 0.29) is 5.91 Å². The van der Waals surface area contributed by atoms with E-state index in [4.69, 9.17) is 4.74 Å². The normalized spacial score (nSPS) is 10.9. The molecule has 0 fully saturated rings. The summed E-state index contributed by atoms with van der Waals surface area (Å²) in [6.07, 6.45) is 18.9. The number of carbonyl (C=O) groups excluding carboxylic acids is 2. The molecule has 2 aromatic rings. The van der Waals surface area contributed by atoms with Gasteiger partial charge in [0.25, 0.3) is 0 Å². The zero-order valence-electron chi connectivity index (χ0n) is 22.9. The molecule has 0 spiro atoms. The molecule has 0 N–H and O–H groups in total. The van der Waals surface area contributed by atoms with Crippen LogP contribution in [0.25, 0.3) is 0 Å². The first-order valence-corrected chi connectivity index (χ1v) is 14.2. The number of benzene rings is 2. The Morgan fingerprint density at radius 3 is 1.83 bits per heavy atom. The lowest BCUT2D eigenvalue weighted by Crippen LogP contribution is -2.24. The van der Waals surface area contributed by atoms with Crippen LogP contribution in [-0.4, -0.2) is 18.8 Å². The summed E-state index contributed by atoms with van der Waals surface area (Å²) in [5.74, 6) is 0.377. The molecule has 0 aliphatic carbocycles. The highest BCUT2D eigenvalue weighted by atomic mass is 16.5. The van der Waals surface area contributed by atoms with Crippen LogP contribution in [-0.2, 0) is 11.2 Å². The number of anilines is 2. The Hall–Kier alpha value is -2.62. The van der Waals surface area contributed by atoms with Crippen LogP contribution in [0.2, 0.25) is 0 Å². The largest absolute Gasteiger partial charge is 0.491 e. The smallest absolute Gasteiger partial charge is 0.228 e. The predicted molar refractivity (Wildman–Crippen MR) is 152 cm³/mol. The molecule has 0 unspecified atom stereocenters. The average molecular weight is 494 g/mol. The second-order valence-corrected chi connectivity index (χ2v) is 9.72. The summed E-state index contributed by atoms with van der Waals surface area (Å²) < 4.78 is 5.95. The van der Waals surface area contributed by atoms with Crippen molar-refractivity contribution >= 4 is 23.6 Å². The molecule has 0 radical (unpaired) electrons. The van der Waals surface area contributed by atoms with E-state index >= 15 is 0 Å². The molecule has 2 rings (SSSR count). The third-order valence-electron chi connectivity index (χ3n) is 6.79. The average Bonchev–Trinajstić information content (AvgIpc) is 2.88. The van der Waals surface area contributed by atoms with Gasteiger partial charge in [-0.2, -0.15) is 0 Å². The minimum Gasteiger partial charge on any atom is -0.491 e. The number of aldehydes is 1. The quantitative estimate of drug-likeness (QED) is 0.145. The molecule has 0 aromatic heterocycles. The van der Waals surface area contributed by atoms with Crippen LogP contribution in [0.1, 0.15) is 120 Å². The molecule has 1 amide bonds. The Morgan fingerprint density at radius 2 is 1.33 bits per heavy atom. The summed E-state index contributed by atoms with van der Waals surface area (Å²) in [6.45, 7) is 6.13. The lowest BCUT2D eigenvalue weighted by atomic mass is 9.98. The zero-order chi connectivity index (χ0) is 26.0. The summed E-state index contributed by atoms with van der Waals surface area (Å²) in [4.78, 5) is 26.3. The van der Waals surface area contributed by atoms with E-state index in [0.717, 1.165) is 30.4 Å². The molecule has 0 bridgehead atoms. The molecule has 4 heteroatoms. The maximum atomic E-state index is 12.6. The fraction of sp³-hybridized carbons (Fsp3) is 0.562. The Bertz CT molecular complexity index is 894. The van der Waals surface area contributed by atoms with Crippen molar-refractivity contribution in [3.8, 4) is 5.75 Å². The maximum absolute atomic E-state index is 12.6. The van der Waals surface area contributed by atoms with Crippen LogP contribution < -0.4 is 9.64 Å². The molecule has 4 nitrogen and oxygen atoms in total. The van der Waals surface area contributed by atoms with Gasteiger partial charge in [-0.1, -0.05) is 108 Å². The van der Waals surface area contributed by atoms with Crippen molar-refractivity contribution in [3.05, 3.63) is 53.6 Å². The van der Waals surface area contributed by atoms with Gasteiger partial charge in [-0.3, -0.25) is 14.5 Å². The summed E-state index contributed by atoms with van der Waals surface area (Å²) in [6, 6.07) is 13.4. The number of para-hydroxylation sites is 1. The van der Waals surface area contributed by atoms with Crippen molar-refractivity contribution < 1.29 is 14.3 Å². The summed E-state index contributed by atoms with van der Waals surface area (Å²) in [5, 5.41) is 0. The Balaban J connectivity index is 1.88. The van der Waals surface area contributed by atoms with Crippen molar-refractivity contribution in [1.82, 2.24) is 0 Å². The number of aryl methyl sites for hydroxylation is 1. The summed E-state index contributed by atoms with van der Waals surface area (Å²) in [7, 11) is 0. The highest BCUT2D eigenvalue weighted by molar-refractivity contribution is 6.02. The van der Waals surface area contributed by atoms with E-state index in [0.29, 0.717) is 23.6 Å². The van der Waals surface area contributed by atoms with Crippen molar-refractivity contribution in [2.45, 2.75) is 111 Å². The van der Waals surface area contributed by atoms with Crippen LogP contribution in [0.3, 0.4) is 0 Å². The topological polar surface area (TPSA) is 46.6 Å². The number of hydrogen-bond donors (Lipinski definition) is 0. The second kappa shape index (κ2) is 17.8.